The number of fused-ring (bicyclic) bond motifs is 1. The second-order valence-electron chi connectivity index (χ2n) is 2.50. The van der Waals surface area contributed by atoms with Crippen molar-refractivity contribution in [2.45, 2.75) is 0 Å². The SMILES string of the molecule is COC(=O)c1cc2scc(Br)c2[nH]1. The molecule has 0 amide bonds. The van der Waals surface area contributed by atoms with E-state index in [9.17, 15) is 4.79 Å². The molecule has 0 spiro atoms. The second-order valence-corrected chi connectivity index (χ2v) is 4.26. The number of methoxy groups -OCH3 is 1. The molecule has 0 aliphatic rings. The number of aromatic amines is 1. The highest BCUT2D eigenvalue weighted by atomic mass is 79.9. The van der Waals surface area contributed by atoms with E-state index in [0.717, 1.165) is 14.7 Å². The molecule has 2 aromatic rings. The molecule has 0 aliphatic carbocycles. The van der Waals surface area contributed by atoms with Gasteiger partial charge in [0.2, 0.25) is 0 Å². The van der Waals surface area contributed by atoms with Gasteiger partial charge in [0.25, 0.3) is 0 Å². The molecule has 0 fully saturated rings. The number of halogens is 1. The first kappa shape index (κ1) is 8.77. The van der Waals surface area contributed by atoms with E-state index in [4.69, 9.17) is 0 Å². The summed E-state index contributed by atoms with van der Waals surface area (Å²) >= 11 is 4.96. The Hall–Kier alpha value is -0.810. The Balaban J connectivity index is 2.56. The minimum atomic E-state index is -0.338. The van der Waals surface area contributed by atoms with Crippen LogP contribution in [0.5, 0.6) is 0 Å². The van der Waals surface area contributed by atoms with E-state index in [1.165, 1.54) is 7.11 Å². The standard InChI is InChI=1S/C8H6BrNO2S/c1-12-8(11)5-2-6-7(10-5)4(9)3-13-6/h2-3,10H,1H3. The van der Waals surface area contributed by atoms with Crippen molar-refractivity contribution in [2.24, 2.45) is 0 Å². The first-order valence-corrected chi connectivity index (χ1v) is 5.23. The minimum absolute atomic E-state index is 0.338. The molecule has 1 N–H and O–H groups in total. The molecule has 0 saturated heterocycles. The average molecular weight is 260 g/mol. The van der Waals surface area contributed by atoms with Crippen molar-refractivity contribution in [3.8, 4) is 0 Å². The van der Waals surface area contributed by atoms with Gasteiger partial charge in [-0.05, 0) is 22.0 Å². The van der Waals surface area contributed by atoms with E-state index in [1.54, 1.807) is 17.4 Å². The maximum Gasteiger partial charge on any atom is 0.354 e. The molecule has 0 saturated carbocycles. The van der Waals surface area contributed by atoms with E-state index in [0.29, 0.717) is 5.69 Å². The van der Waals surface area contributed by atoms with Crippen molar-refractivity contribution >= 4 is 43.5 Å². The maximum absolute atomic E-state index is 11.1. The zero-order chi connectivity index (χ0) is 9.42. The van der Waals surface area contributed by atoms with Gasteiger partial charge in [-0.1, -0.05) is 0 Å². The zero-order valence-electron chi connectivity index (χ0n) is 6.76. The van der Waals surface area contributed by atoms with Crippen molar-refractivity contribution in [3.63, 3.8) is 0 Å². The van der Waals surface area contributed by atoms with Gasteiger partial charge in [-0.15, -0.1) is 11.3 Å². The van der Waals surface area contributed by atoms with Crippen LogP contribution in [0.15, 0.2) is 15.9 Å². The largest absolute Gasteiger partial charge is 0.464 e. The van der Waals surface area contributed by atoms with Gasteiger partial charge in [-0.25, -0.2) is 4.79 Å². The normalized spacial score (nSPS) is 10.6. The van der Waals surface area contributed by atoms with Crippen LogP contribution in [0, 0.1) is 0 Å². The quantitative estimate of drug-likeness (QED) is 0.801. The van der Waals surface area contributed by atoms with Crippen LogP contribution in [0.25, 0.3) is 10.2 Å². The number of hydrogen-bond donors (Lipinski definition) is 1. The summed E-state index contributed by atoms with van der Waals surface area (Å²) in [5, 5.41) is 1.97. The molecule has 0 unspecified atom stereocenters. The van der Waals surface area contributed by atoms with Gasteiger partial charge >= 0.3 is 5.97 Å². The molecule has 2 rings (SSSR count). The molecular formula is C8H6BrNO2S. The van der Waals surface area contributed by atoms with Crippen molar-refractivity contribution < 1.29 is 9.53 Å². The summed E-state index contributed by atoms with van der Waals surface area (Å²) in [5.41, 5.74) is 1.44. The van der Waals surface area contributed by atoms with Crippen LogP contribution in [0.4, 0.5) is 0 Å². The fraction of sp³-hybridized carbons (Fsp3) is 0.125. The van der Waals surface area contributed by atoms with Crippen molar-refractivity contribution in [2.75, 3.05) is 7.11 Å². The van der Waals surface area contributed by atoms with E-state index in [-0.39, 0.29) is 5.97 Å². The fourth-order valence-corrected chi connectivity index (χ4v) is 2.64. The Labute approximate surface area is 86.8 Å². The summed E-state index contributed by atoms with van der Waals surface area (Å²) in [4.78, 5) is 14.1. The lowest BCUT2D eigenvalue weighted by Gasteiger charge is -1.92. The summed E-state index contributed by atoms with van der Waals surface area (Å²) in [5.74, 6) is -0.338. The number of ether oxygens (including phenoxy) is 1. The number of carbonyl (C=O) groups is 1. The Bertz CT molecular complexity index is 460. The van der Waals surface area contributed by atoms with Gasteiger partial charge < -0.3 is 9.72 Å². The Morgan fingerprint density at radius 1 is 1.69 bits per heavy atom. The molecule has 0 atom stereocenters. The van der Waals surface area contributed by atoms with Crippen LogP contribution >= 0.6 is 27.3 Å². The monoisotopic (exact) mass is 259 g/mol. The Morgan fingerprint density at radius 3 is 3.08 bits per heavy atom. The van der Waals surface area contributed by atoms with Gasteiger partial charge in [0.15, 0.2) is 0 Å². The third-order valence-corrected chi connectivity index (χ3v) is 3.57. The van der Waals surface area contributed by atoms with Crippen LogP contribution in [-0.2, 0) is 4.74 Å². The Kier molecular flexibility index (Phi) is 2.13. The first-order valence-electron chi connectivity index (χ1n) is 3.56. The van der Waals surface area contributed by atoms with E-state index in [2.05, 4.69) is 25.7 Å². The molecule has 0 aliphatic heterocycles. The number of hydrogen-bond acceptors (Lipinski definition) is 3. The van der Waals surface area contributed by atoms with Crippen molar-refractivity contribution in [1.29, 1.82) is 0 Å². The number of H-pyrrole nitrogens is 1. The molecule has 5 heteroatoms. The molecule has 0 aromatic carbocycles. The minimum Gasteiger partial charge on any atom is -0.464 e. The molecule has 68 valence electrons. The topological polar surface area (TPSA) is 42.1 Å². The Morgan fingerprint density at radius 2 is 2.46 bits per heavy atom. The van der Waals surface area contributed by atoms with Crippen molar-refractivity contribution in [3.05, 3.63) is 21.6 Å². The summed E-state index contributed by atoms with van der Waals surface area (Å²) in [6, 6.07) is 1.79. The number of aromatic nitrogens is 1. The molecule has 2 heterocycles. The number of esters is 1. The fourth-order valence-electron chi connectivity index (χ4n) is 1.10. The third-order valence-electron chi connectivity index (χ3n) is 1.71. The van der Waals surface area contributed by atoms with Crippen LogP contribution < -0.4 is 0 Å². The van der Waals surface area contributed by atoms with Gasteiger partial charge in [-0.2, -0.15) is 0 Å². The van der Waals surface area contributed by atoms with Crippen LogP contribution in [-0.4, -0.2) is 18.1 Å². The van der Waals surface area contributed by atoms with Gasteiger partial charge in [0.05, 0.1) is 21.8 Å². The summed E-state index contributed by atoms with van der Waals surface area (Å²) in [6.45, 7) is 0. The predicted molar refractivity (Wildman–Crippen MR) is 55.2 cm³/mol. The second kappa shape index (κ2) is 3.16. The van der Waals surface area contributed by atoms with Crippen LogP contribution in [0.3, 0.4) is 0 Å². The van der Waals surface area contributed by atoms with E-state index < -0.39 is 0 Å². The number of rotatable bonds is 1. The van der Waals surface area contributed by atoms with Crippen LogP contribution in [0.1, 0.15) is 10.5 Å². The molecular weight excluding hydrogens is 254 g/mol. The number of thiophene rings is 1. The lowest BCUT2D eigenvalue weighted by atomic mass is 10.4. The lowest BCUT2D eigenvalue weighted by molar-refractivity contribution is 0.0595. The molecule has 2 aromatic heterocycles. The number of carbonyl (C=O) groups excluding carboxylic acids is 1. The summed E-state index contributed by atoms with van der Waals surface area (Å²) in [6.07, 6.45) is 0. The molecule has 0 radical (unpaired) electrons. The maximum atomic E-state index is 11.1. The van der Waals surface area contributed by atoms with E-state index in [1.807, 2.05) is 5.38 Å². The highest BCUT2D eigenvalue weighted by molar-refractivity contribution is 9.10. The van der Waals surface area contributed by atoms with Gasteiger partial charge in [0.1, 0.15) is 5.69 Å². The number of nitrogens with one attached hydrogen (secondary N) is 1. The van der Waals surface area contributed by atoms with Crippen LogP contribution in [0.2, 0.25) is 0 Å². The predicted octanol–water partition coefficient (Wildman–Crippen LogP) is 2.78. The van der Waals surface area contributed by atoms with Gasteiger partial charge in [-0.3, -0.25) is 0 Å². The van der Waals surface area contributed by atoms with Crippen molar-refractivity contribution in [1.82, 2.24) is 4.98 Å². The summed E-state index contributed by atoms with van der Waals surface area (Å²) < 4.78 is 6.62. The average Bonchev–Trinajstić information content (AvgIpc) is 2.67. The third kappa shape index (κ3) is 1.38. The van der Waals surface area contributed by atoms with Gasteiger partial charge in [0, 0.05) is 5.38 Å². The lowest BCUT2D eigenvalue weighted by Crippen LogP contribution is -2.00. The van der Waals surface area contributed by atoms with E-state index >= 15 is 0 Å². The summed E-state index contributed by atoms with van der Waals surface area (Å²) in [7, 11) is 1.37. The highest BCUT2D eigenvalue weighted by Gasteiger charge is 2.11. The first-order chi connectivity index (χ1) is 6.22. The molecule has 13 heavy (non-hydrogen) atoms. The molecule has 0 bridgehead atoms. The molecule has 3 nitrogen and oxygen atoms in total. The smallest absolute Gasteiger partial charge is 0.354 e. The highest BCUT2D eigenvalue weighted by Crippen LogP contribution is 2.30. The zero-order valence-corrected chi connectivity index (χ0v) is 9.16.